The molecule has 1 aromatic carbocycles. The van der Waals surface area contributed by atoms with Crippen LogP contribution in [0.1, 0.15) is 33.2 Å². The highest BCUT2D eigenvalue weighted by atomic mass is 35.5. The molecule has 3 rings (SSSR count). The second-order valence-electron chi connectivity index (χ2n) is 5.57. The van der Waals surface area contributed by atoms with E-state index in [4.69, 9.17) is 37.1 Å². The van der Waals surface area contributed by atoms with Gasteiger partial charge in [-0.1, -0.05) is 23.2 Å². The third-order valence-electron chi connectivity index (χ3n) is 3.99. The van der Waals surface area contributed by atoms with Gasteiger partial charge in [0.15, 0.2) is 17.1 Å². The predicted octanol–water partition coefficient (Wildman–Crippen LogP) is 4.75. The van der Waals surface area contributed by atoms with E-state index in [1.807, 2.05) is 0 Å². The zero-order valence-corrected chi connectivity index (χ0v) is 16.1. The smallest absolute Gasteiger partial charge is 0.342 e. The Bertz CT molecular complexity index is 1010. The molecule has 0 saturated heterocycles. The number of hydrogen-bond donors (Lipinski definition) is 0. The predicted molar refractivity (Wildman–Crippen MR) is 101 cm³/mol. The molecule has 0 aliphatic carbocycles. The summed E-state index contributed by atoms with van der Waals surface area (Å²) >= 11 is 12.2. The minimum Gasteiger partial charge on any atom is -0.493 e. The van der Waals surface area contributed by atoms with Crippen molar-refractivity contribution in [2.45, 2.75) is 13.3 Å². The summed E-state index contributed by atoms with van der Waals surface area (Å²) in [6.45, 7) is 1.89. The highest BCUT2D eigenvalue weighted by Crippen LogP contribution is 2.34. The average molecular weight is 408 g/mol. The summed E-state index contributed by atoms with van der Waals surface area (Å²) < 4.78 is 15.8. The van der Waals surface area contributed by atoms with Gasteiger partial charge in [0.25, 0.3) is 0 Å². The Balaban J connectivity index is 2.11. The van der Waals surface area contributed by atoms with E-state index in [0.29, 0.717) is 32.3 Å². The Morgan fingerprint density at radius 1 is 1.15 bits per heavy atom. The number of methoxy groups -OCH3 is 1. The molecule has 0 saturated carbocycles. The van der Waals surface area contributed by atoms with Gasteiger partial charge in [0, 0.05) is 35.3 Å². The number of benzene rings is 1. The summed E-state index contributed by atoms with van der Waals surface area (Å²) in [6.07, 6.45) is 4.03. The number of Topliss-reactive ketones (excluding diaryl/α,β-unsaturated/α-hetero) is 1. The van der Waals surface area contributed by atoms with Gasteiger partial charge in [-0.25, -0.2) is 4.79 Å². The van der Waals surface area contributed by atoms with Crippen LogP contribution in [-0.4, -0.2) is 30.5 Å². The first-order valence-electron chi connectivity index (χ1n) is 8.04. The maximum Gasteiger partial charge on any atom is 0.342 e. The quantitative estimate of drug-likeness (QED) is 0.433. The van der Waals surface area contributed by atoms with Crippen LogP contribution in [-0.2, 0) is 11.2 Å². The summed E-state index contributed by atoms with van der Waals surface area (Å²) in [7, 11) is 1.47. The largest absolute Gasteiger partial charge is 0.493 e. The van der Waals surface area contributed by atoms with Crippen molar-refractivity contribution in [1.29, 1.82) is 0 Å². The number of aromatic nitrogens is 1. The number of ketones is 1. The van der Waals surface area contributed by atoms with E-state index in [1.165, 1.54) is 25.8 Å². The van der Waals surface area contributed by atoms with Crippen LogP contribution in [0.15, 0.2) is 35.2 Å². The average Bonchev–Trinajstić information content (AvgIpc) is 3.09. The van der Waals surface area contributed by atoms with Crippen molar-refractivity contribution < 1.29 is 23.5 Å². The number of fused-ring (bicyclic) bond motifs is 1. The molecular weight excluding hydrogens is 393 g/mol. The number of hydrogen-bond acceptors (Lipinski definition) is 6. The van der Waals surface area contributed by atoms with Crippen LogP contribution < -0.4 is 4.74 Å². The highest BCUT2D eigenvalue weighted by Gasteiger charge is 2.24. The maximum atomic E-state index is 13.0. The molecule has 0 aliphatic rings. The Kier molecular flexibility index (Phi) is 5.68. The second-order valence-corrected chi connectivity index (χ2v) is 6.39. The van der Waals surface area contributed by atoms with Crippen LogP contribution in [0.5, 0.6) is 5.75 Å². The molecule has 0 radical (unpaired) electrons. The Hall–Kier alpha value is -2.57. The molecule has 0 amide bonds. The van der Waals surface area contributed by atoms with Gasteiger partial charge >= 0.3 is 5.97 Å². The van der Waals surface area contributed by atoms with E-state index in [0.717, 1.165) is 0 Å². The van der Waals surface area contributed by atoms with Crippen LogP contribution in [0.3, 0.4) is 0 Å². The summed E-state index contributed by atoms with van der Waals surface area (Å²) in [5.41, 5.74) is 1.19. The summed E-state index contributed by atoms with van der Waals surface area (Å²) in [5.74, 6) is -0.472. The van der Waals surface area contributed by atoms with Crippen LogP contribution >= 0.6 is 23.2 Å². The number of rotatable bonds is 6. The van der Waals surface area contributed by atoms with Crippen molar-refractivity contribution in [3.8, 4) is 5.75 Å². The van der Waals surface area contributed by atoms with Gasteiger partial charge in [0.1, 0.15) is 11.8 Å². The van der Waals surface area contributed by atoms with Gasteiger partial charge in [-0.05, 0) is 19.1 Å². The maximum absolute atomic E-state index is 13.0. The molecule has 0 fully saturated rings. The number of carbonyl (C=O) groups is 2. The van der Waals surface area contributed by atoms with E-state index in [1.54, 1.807) is 19.1 Å². The third kappa shape index (κ3) is 3.63. The third-order valence-corrected chi connectivity index (χ3v) is 4.64. The fraction of sp³-hybridized carbons (Fsp3) is 0.211. The lowest BCUT2D eigenvalue weighted by Gasteiger charge is -2.09. The topological polar surface area (TPSA) is 78.6 Å². The molecule has 0 aliphatic heterocycles. The minimum absolute atomic E-state index is 0.0605. The van der Waals surface area contributed by atoms with Crippen molar-refractivity contribution >= 4 is 45.9 Å². The molecule has 3 aromatic rings. The molecular formula is C19H15Cl2NO5. The summed E-state index contributed by atoms with van der Waals surface area (Å²) in [4.78, 5) is 29.1. The zero-order chi connectivity index (χ0) is 19.6. The number of carbonyl (C=O) groups excluding carboxylic acids is 2. The number of pyridine rings is 1. The zero-order valence-electron chi connectivity index (χ0n) is 14.5. The number of furan rings is 1. The molecule has 0 N–H and O–H groups in total. The van der Waals surface area contributed by atoms with E-state index in [2.05, 4.69) is 4.98 Å². The molecule has 0 unspecified atom stereocenters. The van der Waals surface area contributed by atoms with Gasteiger partial charge in [-0.2, -0.15) is 0 Å². The molecule has 140 valence electrons. The molecule has 0 bridgehead atoms. The SMILES string of the molecule is CCOC(=O)c1coc2c(OC)ccc(C(=O)Cc3c(Cl)cncc3Cl)c12. The van der Waals surface area contributed by atoms with Gasteiger partial charge in [0.2, 0.25) is 0 Å². The highest BCUT2D eigenvalue weighted by molar-refractivity contribution is 6.36. The molecule has 0 atom stereocenters. The van der Waals surface area contributed by atoms with Crippen LogP contribution in [0.4, 0.5) is 0 Å². The van der Waals surface area contributed by atoms with Gasteiger partial charge in [0.05, 0.1) is 23.8 Å². The van der Waals surface area contributed by atoms with Crippen molar-refractivity contribution in [2.24, 2.45) is 0 Å². The normalized spacial score (nSPS) is 10.8. The van der Waals surface area contributed by atoms with E-state index >= 15 is 0 Å². The fourth-order valence-corrected chi connectivity index (χ4v) is 3.24. The molecule has 6 nitrogen and oxygen atoms in total. The lowest BCUT2D eigenvalue weighted by molar-refractivity contribution is 0.0527. The van der Waals surface area contributed by atoms with E-state index < -0.39 is 5.97 Å². The first kappa shape index (κ1) is 19.2. The second kappa shape index (κ2) is 7.98. The first-order valence-corrected chi connectivity index (χ1v) is 8.79. The molecule has 8 heteroatoms. The Morgan fingerprint density at radius 3 is 2.48 bits per heavy atom. The Labute approximate surface area is 165 Å². The number of halogens is 2. The van der Waals surface area contributed by atoms with Crippen LogP contribution in [0, 0.1) is 0 Å². The van der Waals surface area contributed by atoms with Crippen LogP contribution in [0.25, 0.3) is 11.0 Å². The lowest BCUT2D eigenvalue weighted by atomic mass is 9.98. The van der Waals surface area contributed by atoms with Crippen molar-refractivity contribution in [3.63, 3.8) is 0 Å². The number of esters is 1. The van der Waals surface area contributed by atoms with Gasteiger partial charge in [-0.15, -0.1) is 0 Å². The van der Waals surface area contributed by atoms with Crippen LogP contribution in [0.2, 0.25) is 10.0 Å². The number of ether oxygens (including phenoxy) is 2. The first-order chi connectivity index (χ1) is 13.0. The van der Waals surface area contributed by atoms with Crippen molar-refractivity contribution in [2.75, 3.05) is 13.7 Å². The van der Waals surface area contributed by atoms with Gasteiger partial charge in [-0.3, -0.25) is 9.78 Å². The molecule has 27 heavy (non-hydrogen) atoms. The van der Waals surface area contributed by atoms with Crippen molar-refractivity contribution in [3.05, 3.63) is 57.5 Å². The minimum atomic E-state index is -0.585. The standard InChI is InChI=1S/C19H15Cl2NO5/c1-3-26-19(24)12-9-27-18-16(25-2)5-4-10(17(12)18)15(23)6-11-13(20)7-22-8-14(11)21/h4-5,7-9H,3,6H2,1-2H3. The number of nitrogens with zero attached hydrogens (tertiary/aromatic N) is 1. The summed E-state index contributed by atoms with van der Waals surface area (Å²) in [5, 5.41) is 0.913. The van der Waals surface area contributed by atoms with Gasteiger partial charge < -0.3 is 13.9 Å². The van der Waals surface area contributed by atoms with E-state index in [9.17, 15) is 9.59 Å². The molecule has 2 aromatic heterocycles. The fourth-order valence-electron chi connectivity index (χ4n) is 2.74. The molecule has 2 heterocycles. The molecule has 0 spiro atoms. The summed E-state index contributed by atoms with van der Waals surface area (Å²) in [6, 6.07) is 3.18. The lowest BCUT2D eigenvalue weighted by Crippen LogP contribution is -2.09. The monoisotopic (exact) mass is 407 g/mol. The Morgan fingerprint density at radius 2 is 1.85 bits per heavy atom. The van der Waals surface area contributed by atoms with Crippen molar-refractivity contribution in [1.82, 2.24) is 4.98 Å². The van der Waals surface area contributed by atoms with E-state index in [-0.39, 0.29) is 29.9 Å².